The molecule has 1 N–H and O–H groups in total. The van der Waals surface area contributed by atoms with Gasteiger partial charge in [-0.3, -0.25) is 9.40 Å². The first-order chi connectivity index (χ1) is 10.7. The molecule has 0 fully saturated rings. The number of ether oxygens (including phenoxy) is 1. The molecular weight excluding hydrogens is 318 g/mol. The van der Waals surface area contributed by atoms with Crippen molar-refractivity contribution < 1.29 is 13.2 Å². The maximum Gasteiger partial charge on any atom is 0.316 e. The molecule has 0 saturated carbocycles. The molecule has 0 aliphatic carbocycles. The number of rotatable bonds is 5. The van der Waals surface area contributed by atoms with Crippen LogP contribution in [0.15, 0.2) is 4.90 Å². The van der Waals surface area contributed by atoms with Crippen LogP contribution in [0.25, 0.3) is 0 Å². The van der Waals surface area contributed by atoms with E-state index in [-0.39, 0.29) is 10.9 Å². The maximum atomic E-state index is 12.7. The fourth-order valence-electron chi connectivity index (χ4n) is 2.36. The minimum Gasteiger partial charge on any atom is -0.464 e. The van der Waals surface area contributed by atoms with E-state index in [1.807, 2.05) is 6.92 Å². The molecule has 8 nitrogen and oxygen atoms in total. The molecule has 126 valence electrons. The van der Waals surface area contributed by atoms with Crippen LogP contribution in [0.1, 0.15) is 29.7 Å². The highest BCUT2D eigenvalue weighted by molar-refractivity contribution is 7.92. The first-order valence-electron chi connectivity index (χ1n) is 7.18. The minimum absolute atomic E-state index is 0.174. The Bertz CT molecular complexity index is 819. The third kappa shape index (κ3) is 3.29. The van der Waals surface area contributed by atoms with Gasteiger partial charge in [-0.2, -0.15) is 15.1 Å². The predicted molar refractivity (Wildman–Crippen MR) is 86.2 cm³/mol. The molecular formula is C14H21N5O3S. The maximum absolute atomic E-state index is 12.7. The van der Waals surface area contributed by atoms with Crippen molar-refractivity contribution in [3.05, 3.63) is 22.8 Å². The second kappa shape index (κ2) is 6.15. The van der Waals surface area contributed by atoms with Crippen LogP contribution in [-0.2, 0) is 17.1 Å². The summed E-state index contributed by atoms with van der Waals surface area (Å²) in [4.78, 5) is 8.51. The average Bonchev–Trinajstić information content (AvgIpc) is 2.68. The molecule has 0 aliphatic rings. The third-order valence-corrected chi connectivity index (χ3v) is 5.07. The SMILES string of the molecule is CCOc1nc(C)c(NS(=O)(=O)c2c(C)nn(C)c2C)c(C)n1. The van der Waals surface area contributed by atoms with Gasteiger partial charge >= 0.3 is 6.01 Å². The number of anilines is 1. The van der Waals surface area contributed by atoms with E-state index in [2.05, 4.69) is 19.8 Å². The smallest absolute Gasteiger partial charge is 0.316 e. The molecule has 0 amide bonds. The Labute approximate surface area is 136 Å². The molecule has 9 heteroatoms. The van der Waals surface area contributed by atoms with Gasteiger partial charge in [-0.05, 0) is 34.6 Å². The van der Waals surface area contributed by atoms with Crippen LogP contribution in [0, 0.1) is 27.7 Å². The van der Waals surface area contributed by atoms with E-state index < -0.39 is 10.0 Å². The molecule has 0 unspecified atom stereocenters. The topological polar surface area (TPSA) is 99.0 Å². The van der Waals surface area contributed by atoms with Crippen molar-refractivity contribution in [2.45, 2.75) is 39.5 Å². The van der Waals surface area contributed by atoms with Crippen LogP contribution >= 0.6 is 0 Å². The van der Waals surface area contributed by atoms with Crippen molar-refractivity contribution in [3.8, 4) is 6.01 Å². The molecule has 0 aliphatic heterocycles. The minimum atomic E-state index is -3.78. The van der Waals surface area contributed by atoms with Crippen LogP contribution < -0.4 is 9.46 Å². The van der Waals surface area contributed by atoms with E-state index in [1.165, 1.54) is 4.68 Å². The molecule has 0 spiro atoms. The molecule has 0 radical (unpaired) electrons. The quantitative estimate of drug-likeness (QED) is 0.889. The number of hydrogen-bond acceptors (Lipinski definition) is 6. The fourth-order valence-corrected chi connectivity index (χ4v) is 3.97. The zero-order valence-corrected chi connectivity index (χ0v) is 14.9. The van der Waals surface area contributed by atoms with Crippen molar-refractivity contribution in [2.24, 2.45) is 7.05 Å². The zero-order valence-electron chi connectivity index (χ0n) is 14.1. The lowest BCUT2D eigenvalue weighted by atomic mass is 10.3. The average molecular weight is 339 g/mol. The number of hydrogen-bond donors (Lipinski definition) is 1. The summed E-state index contributed by atoms with van der Waals surface area (Å²) in [5.74, 6) is 0. The summed E-state index contributed by atoms with van der Waals surface area (Å²) in [6, 6.07) is 0.235. The first-order valence-corrected chi connectivity index (χ1v) is 8.66. The first kappa shape index (κ1) is 17.2. The molecule has 2 rings (SSSR count). The van der Waals surface area contributed by atoms with Crippen LogP contribution in [0.3, 0.4) is 0 Å². The summed E-state index contributed by atoms with van der Waals surface area (Å²) in [5.41, 5.74) is 2.38. The highest BCUT2D eigenvalue weighted by atomic mass is 32.2. The summed E-state index contributed by atoms with van der Waals surface area (Å²) < 4.78 is 34.8. The van der Waals surface area contributed by atoms with Crippen LogP contribution in [0.4, 0.5) is 5.69 Å². The monoisotopic (exact) mass is 339 g/mol. The van der Waals surface area contributed by atoms with Gasteiger partial charge in [0.25, 0.3) is 10.0 Å². The van der Waals surface area contributed by atoms with Crippen LogP contribution in [0.2, 0.25) is 0 Å². The van der Waals surface area contributed by atoms with Crippen molar-refractivity contribution in [1.29, 1.82) is 0 Å². The Kier molecular flexibility index (Phi) is 4.60. The van der Waals surface area contributed by atoms with Gasteiger partial charge in [-0.15, -0.1) is 0 Å². The fraction of sp³-hybridized carbons (Fsp3) is 0.500. The van der Waals surface area contributed by atoms with Crippen molar-refractivity contribution in [2.75, 3.05) is 11.3 Å². The Morgan fingerprint density at radius 1 is 1.09 bits per heavy atom. The molecule has 0 atom stereocenters. The number of aryl methyl sites for hydroxylation is 4. The van der Waals surface area contributed by atoms with E-state index in [4.69, 9.17) is 4.74 Å². The Hall–Kier alpha value is -2.16. The van der Waals surface area contributed by atoms with Gasteiger partial charge in [0.2, 0.25) is 0 Å². The predicted octanol–water partition coefficient (Wildman–Crippen LogP) is 1.64. The number of nitrogens with one attached hydrogen (secondary N) is 1. The lowest BCUT2D eigenvalue weighted by molar-refractivity contribution is 0.311. The van der Waals surface area contributed by atoms with Crippen molar-refractivity contribution in [1.82, 2.24) is 19.7 Å². The second-order valence-electron chi connectivity index (χ2n) is 5.21. The Balaban J connectivity index is 2.46. The summed E-state index contributed by atoms with van der Waals surface area (Å²) in [5, 5.41) is 4.15. The molecule has 23 heavy (non-hydrogen) atoms. The third-order valence-electron chi connectivity index (χ3n) is 3.47. The highest BCUT2D eigenvalue weighted by Gasteiger charge is 2.25. The van der Waals surface area contributed by atoms with E-state index >= 15 is 0 Å². The van der Waals surface area contributed by atoms with Crippen molar-refractivity contribution in [3.63, 3.8) is 0 Å². The summed E-state index contributed by atoms with van der Waals surface area (Å²) in [6.45, 7) is 9.06. The van der Waals surface area contributed by atoms with Gasteiger partial charge in [-0.1, -0.05) is 0 Å². The molecule has 2 aromatic heterocycles. The molecule has 2 aromatic rings. The Morgan fingerprint density at radius 2 is 1.65 bits per heavy atom. The second-order valence-corrected chi connectivity index (χ2v) is 6.83. The van der Waals surface area contributed by atoms with Gasteiger partial charge in [0.15, 0.2) is 0 Å². The van der Waals surface area contributed by atoms with Gasteiger partial charge in [0.05, 0.1) is 35.1 Å². The van der Waals surface area contributed by atoms with E-state index in [1.54, 1.807) is 34.7 Å². The highest BCUT2D eigenvalue weighted by Crippen LogP contribution is 2.26. The molecule has 0 bridgehead atoms. The number of nitrogens with zero attached hydrogens (tertiary/aromatic N) is 4. The van der Waals surface area contributed by atoms with Crippen LogP contribution in [0.5, 0.6) is 6.01 Å². The van der Waals surface area contributed by atoms with E-state index in [0.717, 1.165) is 0 Å². The normalized spacial score (nSPS) is 11.6. The van der Waals surface area contributed by atoms with Gasteiger partial charge in [0.1, 0.15) is 4.90 Å². The van der Waals surface area contributed by atoms with Gasteiger partial charge < -0.3 is 4.74 Å². The number of aromatic nitrogens is 4. The summed E-state index contributed by atoms with van der Waals surface area (Å²) in [7, 11) is -2.07. The summed E-state index contributed by atoms with van der Waals surface area (Å²) in [6.07, 6.45) is 0. The number of sulfonamides is 1. The van der Waals surface area contributed by atoms with Crippen LogP contribution in [-0.4, -0.2) is 34.8 Å². The molecule has 2 heterocycles. The molecule has 0 saturated heterocycles. The lowest BCUT2D eigenvalue weighted by Gasteiger charge is -2.13. The largest absolute Gasteiger partial charge is 0.464 e. The molecule has 0 aromatic carbocycles. The van der Waals surface area contributed by atoms with Gasteiger partial charge in [0, 0.05) is 7.05 Å². The van der Waals surface area contributed by atoms with E-state index in [9.17, 15) is 8.42 Å². The lowest BCUT2D eigenvalue weighted by Crippen LogP contribution is -2.17. The van der Waals surface area contributed by atoms with Gasteiger partial charge in [-0.25, -0.2) is 8.42 Å². The Morgan fingerprint density at radius 3 is 2.09 bits per heavy atom. The standard InChI is InChI=1S/C14H21N5O3S/c1-7-22-14-15-8(2)12(9(3)16-14)18-23(20,21)13-10(4)17-19(6)11(13)5/h18H,7H2,1-6H3. The van der Waals surface area contributed by atoms with E-state index in [0.29, 0.717) is 35.1 Å². The summed E-state index contributed by atoms with van der Waals surface area (Å²) >= 11 is 0. The zero-order chi connectivity index (χ0) is 17.4. The van der Waals surface area contributed by atoms with Crippen molar-refractivity contribution >= 4 is 15.7 Å².